The summed E-state index contributed by atoms with van der Waals surface area (Å²) in [6.45, 7) is 8.79. The fraction of sp³-hybridized carbons (Fsp3) is 0.600. The molecular formula is C15H25NOS. The van der Waals surface area contributed by atoms with Gasteiger partial charge in [-0.2, -0.15) is 11.8 Å². The average Bonchev–Trinajstić information content (AvgIpc) is 2.25. The normalized spacial score (nSPS) is 14.6. The first-order valence-corrected chi connectivity index (χ1v) is 7.56. The van der Waals surface area contributed by atoms with Crippen molar-refractivity contribution >= 4 is 11.8 Å². The van der Waals surface area contributed by atoms with Crippen LogP contribution in [-0.4, -0.2) is 22.7 Å². The maximum absolute atomic E-state index is 8.89. The van der Waals surface area contributed by atoms with Crippen molar-refractivity contribution in [3.05, 3.63) is 34.4 Å². The van der Waals surface area contributed by atoms with Crippen LogP contribution in [0.2, 0.25) is 0 Å². The number of rotatable bonds is 6. The van der Waals surface area contributed by atoms with Gasteiger partial charge in [0.1, 0.15) is 0 Å². The second kappa shape index (κ2) is 7.17. The second-order valence-electron chi connectivity index (χ2n) is 5.08. The van der Waals surface area contributed by atoms with Crippen LogP contribution in [0.15, 0.2) is 12.1 Å². The molecule has 2 unspecified atom stereocenters. The fourth-order valence-corrected chi connectivity index (χ4v) is 3.37. The van der Waals surface area contributed by atoms with E-state index in [2.05, 4.69) is 39.8 Å². The van der Waals surface area contributed by atoms with Crippen molar-refractivity contribution in [1.82, 2.24) is 0 Å². The minimum Gasteiger partial charge on any atom is -0.396 e. The van der Waals surface area contributed by atoms with E-state index in [-0.39, 0.29) is 12.6 Å². The van der Waals surface area contributed by atoms with E-state index < -0.39 is 0 Å². The number of hydrogen-bond acceptors (Lipinski definition) is 3. The molecule has 0 bridgehead atoms. The van der Waals surface area contributed by atoms with E-state index in [0.29, 0.717) is 5.25 Å². The first-order valence-electron chi connectivity index (χ1n) is 6.51. The Morgan fingerprint density at radius 3 is 2.28 bits per heavy atom. The van der Waals surface area contributed by atoms with E-state index in [4.69, 9.17) is 10.8 Å². The van der Waals surface area contributed by atoms with Crippen LogP contribution in [0.1, 0.15) is 41.6 Å². The van der Waals surface area contributed by atoms with Crippen molar-refractivity contribution in [3.63, 3.8) is 0 Å². The molecule has 1 aromatic rings. The molecule has 0 aliphatic rings. The van der Waals surface area contributed by atoms with Gasteiger partial charge in [-0.05, 0) is 43.9 Å². The van der Waals surface area contributed by atoms with E-state index in [1.165, 1.54) is 22.3 Å². The summed E-state index contributed by atoms with van der Waals surface area (Å²) in [6.07, 6.45) is 0.837. The first-order chi connectivity index (χ1) is 8.45. The number of nitrogens with two attached hydrogens (primary N) is 1. The molecule has 3 N–H and O–H groups in total. The number of hydrogen-bond donors (Lipinski definition) is 2. The van der Waals surface area contributed by atoms with Gasteiger partial charge < -0.3 is 10.8 Å². The first kappa shape index (κ1) is 15.5. The number of thioether (sulfide) groups is 1. The van der Waals surface area contributed by atoms with Gasteiger partial charge >= 0.3 is 0 Å². The number of aliphatic hydroxyl groups is 1. The third kappa shape index (κ3) is 4.30. The molecule has 0 spiro atoms. The lowest BCUT2D eigenvalue weighted by Gasteiger charge is -2.20. The summed E-state index contributed by atoms with van der Waals surface area (Å²) in [6, 6.07) is 4.48. The summed E-state index contributed by atoms with van der Waals surface area (Å²) >= 11 is 1.84. The van der Waals surface area contributed by atoms with Crippen molar-refractivity contribution in [2.24, 2.45) is 5.73 Å². The fourth-order valence-electron chi connectivity index (χ4n) is 2.39. The summed E-state index contributed by atoms with van der Waals surface area (Å²) in [7, 11) is 0. The highest BCUT2D eigenvalue weighted by Crippen LogP contribution is 2.26. The summed E-state index contributed by atoms with van der Waals surface area (Å²) in [4.78, 5) is 0. The smallest absolute Gasteiger partial charge is 0.0441 e. The van der Waals surface area contributed by atoms with Crippen LogP contribution in [0.4, 0.5) is 0 Å². The zero-order valence-electron chi connectivity index (χ0n) is 11.9. The second-order valence-corrected chi connectivity index (χ2v) is 6.55. The van der Waals surface area contributed by atoms with Gasteiger partial charge in [0.15, 0.2) is 0 Å². The molecule has 3 heteroatoms. The summed E-state index contributed by atoms with van der Waals surface area (Å²) in [5, 5.41) is 9.36. The molecule has 102 valence electrons. The van der Waals surface area contributed by atoms with E-state index in [9.17, 15) is 0 Å². The van der Waals surface area contributed by atoms with Gasteiger partial charge in [-0.25, -0.2) is 0 Å². The highest BCUT2D eigenvalue weighted by atomic mass is 32.2. The lowest BCUT2D eigenvalue weighted by molar-refractivity contribution is 0.289. The predicted octanol–water partition coefficient (Wildman–Crippen LogP) is 3.12. The molecule has 2 nitrogen and oxygen atoms in total. The van der Waals surface area contributed by atoms with Crippen molar-refractivity contribution in [2.75, 3.05) is 12.4 Å². The standard InChI is InChI=1S/C15H25NOS/c1-10-7-11(2)15(12(3)8-10)14(16)9-18-13(4)5-6-17/h7-8,13-14,17H,5-6,9,16H2,1-4H3. The average molecular weight is 267 g/mol. The molecular weight excluding hydrogens is 242 g/mol. The predicted molar refractivity (Wildman–Crippen MR) is 81.2 cm³/mol. The van der Waals surface area contributed by atoms with E-state index in [1.54, 1.807) is 0 Å². The zero-order chi connectivity index (χ0) is 13.7. The van der Waals surface area contributed by atoms with Crippen LogP contribution in [0.25, 0.3) is 0 Å². The van der Waals surface area contributed by atoms with Gasteiger partial charge in [0.05, 0.1) is 0 Å². The Hall–Kier alpha value is -0.510. The topological polar surface area (TPSA) is 46.2 Å². The third-order valence-electron chi connectivity index (χ3n) is 3.20. The highest BCUT2D eigenvalue weighted by Gasteiger charge is 2.14. The molecule has 1 aromatic carbocycles. The van der Waals surface area contributed by atoms with Crippen LogP contribution in [0.5, 0.6) is 0 Å². The van der Waals surface area contributed by atoms with E-state index in [1.807, 2.05) is 11.8 Å². The minimum atomic E-state index is 0.0803. The van der Waals surface area contributed by atoms with Crippen LogP contribution in [-0.2, 0) is 0 Å². The Balaban J connectivity index is 2.70. The molecule has 2 atom stereocenters. The SMILES string of the molecule is Cc1cc(C)c(C(N)CSC(C)CCO)c(C)c1. The zero-order valence-corrected chi connectivity index (χ0v) is 12.7. The van der Waals surface area contributed by atoms with Gasteiger partial charge in [-0.3, -0.25) is 0 Å². The lowest BCUT2D eigenvalue weighted by atomic mass is 9.95. The largest absolute Gasteiger partial charge is 0.396 e. The van der Waals surface area contributed by atoms with Crippen molar-refractivity contribution in [1.29, 1.82) is 0 Å². The van der Waals surface area contributed by atoms with E-state index >= 15 is 0 Å². The van der Waals surface area contributed by atoms with Crippen molar-refractivity contribution in [2.45, 2.75) is 45.4 Å². The molecule has 0 aromatic heterocycles. The molecule has 0 aliphatic carbocycles. The molecule has 0 saturated heterocycles. The Bertz CT molecular complexity index is 369. The Morgan fingerprint density at radius 1 is 1.22 bits per heavy atom. The van der Waals surface area contributed by atoms with Crippen molar-refractivity contribution < 1.29 is 5.11 Å². The Kier molecular flexibility index (Phi) is 6.19. The van der Waals surface area contributed by atoms with Crippen LogP contribution >= 0.6 is 11.8 Å². The summed E-state index contributed by atoms with van der Waals surface area (Å²) in [5.74, 6) is 0.909. The number of aliphatic hydroxyl groups excluding tert-OH is 1. The Labute approximate surface area is 115 Å². The van der Waals surface area contributed by atoms with Gasteiger partial charge in [0.25, 0.3) is 0 Å². The summed E-state index contributed by atoms with van der Waals surface area (Å²) < 4.78 is 0. The maximum Gasteiger partial charge on any atom is 0.0441 e. The van der Waals surface area contributed by atoms with Gasteiger partial charge in [0.2, 0.25) is 0 Å². The quantitative estimate of drug-likeness (QED) is 0.832. The Morgan fingerprint density at radius 2 is 1.78 bits per heavy atom. The van der Waals surface area contributed by atoms with Gasteiger partial charge in [-0.1, -0.05) is 24.6 Å². The van der Waals surface area contributed by atoms with Crippen LogP contribution in [0, 0.1) is 20.8 Å². The molecule has 0 saturated carbocycles. The molecule has 0 fully saturated rings. The number of benzene rings is 1. The highest BCUT2D eigenvalue weighted by molar-refractivity contribution is 7.99. The third-order valence-corrected chi connectivity index (χ3v) is 4.56. The molecule has 0 radical (unpaired) electrons. The monoisotopic (exact) mass is 267 g/mol. The van der Waals surface area contributed by atoms with Crippen LogP contribution in [0.3, 0.4) is 0 Å². The minimum absolute atomic E-state index is 0.0803. The molecule has 1 rings (SSSR count). The summed E-state index contributed by atoms with van der Waals surface area (Å²) in [5.41, 5.74) is 11.5. The lowest BCUT2D eigenvalue weighted by Crippen LogP contribution is -2.17. The molecule has 0 aliphatic heterocycles. The van der Waals surface area contributed by atoms with Crippen LogP contribution < -0.4 is 5.73 Å². The number of aryl methyl sites for hydroxylation is 3. The molecule has 18 heavy (non-hydrogen) atoms. The van der Waals surface area contributed by atoms with Gasteiger partial charge in [-0.15, -0.1) is 0 Å². The maximum atomic E-state index is 8.89. The molecule has 0 heterocycles. The van der Waals surface area contributed by atoms with Gasteiger partial charge in [0, 0.05) is 23.7 Å². The molecule has 0 amide bonds. The van der Waals surface area contributed by atoms with Crippen molar-refractivity contribution in [3.8, 4) is 0 Å². The van der Waals surface area contributed by atoms with E-state index in [0.717, 1.165) is 12.2 Å².